The van der Waals surface area contributed by atoms with Crippen LogP contribution >= 0.6 is 11.8 Å². The van der Waals surface area contributed by atoms with Gasteiger partial charge >= 0.3 is 0 Å². The first-order valence-electron chi connectivity index (χ1n) is 8.43. The Kier molecular flexibility index (Phi) is 5.07. The highest BCUT2D eigenvalue weighted by molar-refractivity contribution is 7.99. The van der Waals surface area contributed by atoms with Gasteiger partial charge in [0.25, 0.3) is 5.91 Å². The molecule has 0 radical (unpaired) electrons. The number of phenols is 1. The second-order valence-corrected chi connectivity index (χ2v) is 6.87. The Balaban J connectivity index is 1.42. The second-order valence-electron chi connectivity index (χ2n) is 5.84. The highest BCUT2D eigenvalue weighted by atomic mass is 32.2. The van der Waals surface area contributed by atoms with Crippen LogP contribution in [0.15, 0.2) is 92.6 Å². The maximum Gasteiger partial charge on any atom is 0.275 e. The number of hydrazone groups is 1. The number of hydrogen-bond acceptors (Lipinski definition) is 6. The van der Waals surface area contributed by atoms with Crippen LogP contribution in [-0.4, -0.2) is 22.2 Å². The standard InChI is InChI=1S/C21H15N3O3S/c25-18-12-15-6-2-1-5-14(15)11-17(18)21(26)24-23-13-16-8-9-20(27-16)28-19-7-3-4-10-22-19/h1-13,25H,(H,24,26)/b23-13+. The fourth-order valence-corrected chi connectivity index (χ4v) is 3.33. The van der Waals surface area contributed by atoms with Gasteiger partial charge in [0.1, 0.15) is 16.5 Å². The first-order chi connectivity index (χ1) is 13.7. The number of benzene rings is 2. The molecule has 2 N–H and O–H groups in total. The van der Waals surface area contributed by atoms with E-state index < -0.39 is 5.91 Å². The molecular formula is C21H15N3O3S. The third-order valence-electron chi connectivity index (χ3n) is 3.91. The average molecular weight is 389 g/mol. The maximum atomic E-state index is 12.3. The van der Waals surface area contributed by atoms with E-state index in [0.717, 1.165) is 15.8 Å². The summed E-state index contributed by atoms with van der Waals surface area (Å²) < 4.78 is 5.63. The molecule has 2 heterocycles. The number of aromatic nitrogens is 1. The number of amides is 1. The van der Waals surface area contributed by atoms with E-state index in [1.165, 1.54) is 18.0 Å². The third-order valence-corrected chi connectivity index (χ3v) is 4.78. The maximum absolute atomic E-state index is 12.3. The summed E-state index contributed by atoms with van der Waals surface area (Å²) in [6.07, 6.45) is 3.11. The van der Waals surface area contributed by atoms with Crippen LogP contribution in [0.2, 0.25) is 0 Å². The third kappa shape index (κ3) is 4.05. The van der Waals surface area contributed by atoms with Gasteiger partial charge in [0.15, 0.2) is 5.09 Å². The zero-order valence-electron chi connectivity index (χ0n) is 14.6. The molecule has 138 valence electrons. The molecule has 0 aliphatic carbocycles. The van der Waals surface area contributed by atoms with Crippen molar-refractivity contribution in [3.05, 3.63) is 84.3 Å². The lowest BCUT2D eigenvalue weighted by molar-refractivity contribution is 0.0952. The molecule has 7 heteroatoms. The van der Waals surface area contributed by atoms with Crippen molar-refractivity contribution in [3.8, 4) is 5.75 Å². The van der Waals surface area contributed by atoms with E-state index in [2.05, 4.69) is 15.5 Å². The van der Waals surface area contributed by atoms with Crippen molar-refractivity contribution in [3.63, 3.8) is 0 Å². The highest BCUT2D eigenvalue weighted by Gasteiger charge is 2.12. The van der Waals surface area contributed by atoms with Crippen molar-refractivity contribution in [2.75, 3.05) is 0 Å². The Hall–Kier alpha value is -3.58. The van der Waals surface area contributed by atoms with Crippen LogP contribution in [0.4, 0.5) is 0 Å². The minimum Gasteiger partial charge on any atom is -0.507 e. The van der Waals surface area contributed by atoms with Gasteiger partial charge in [-0.15, -0.1) is 0 Å². The summed E-state index contributed by atoms with van der Waals surface area (Å²) in [5, 5.41) is 17.2. The second kappa shape index (κ2) is 7.98. The van der Waals surface area contributed by atoms with Crippen LogP contribution in [0, 0.1) is 0 Å². The quantitative estimate of drug-likeness (QED) is 0.389. The Labute approximate surface area is 164 Å². The van der Waals surface area contributed by atoms with Crippen molar-refractivity contribution < 1.29 is 14.3 Å². The van der Waals surface area contributed by atoms with E-state index in [9.17, 15) is 9.90 Å². The molecule has 0 aliphatic heterocycles. The van der Waals surface area contributed by atoms with Gasteiger partial charge in [0.05, 0.1) is 11.8 Å². The van der Waals surface area contributed by atoms with Crippen molar-refractivity contribution >= 4 is 34.7 Å². The van der Waals surface area contributed by atoms with E-state index >= 15 is 0 Å². The minimum absolute atomic E-state index is 0.0987. The molecule has 2 aromatic heterocycles. The Morgan fingerprint density at radius 2 is 1.86 bits per heavy atom. The molecular weight excluding hydrogens is 374 g/mol. The molecule has 0 spiro atoms. The van der Waals surface area contributed by atoms with Gasteiger partial charge in [0, 0.05) is 6.20 Å². The molecule has 0 saturated carbocycles. The smallest absolute Gasteiger partial charge is 0.275 e. The number of aromatic hydroxyl groups is 1. The van der Waals surface area contributed by atoms with Gasteiger partial charge in [-0.05, 0) is 58.9 Å². The van der Waals surface area contributed by atoms with Crippen LogP contribution in [0.3, 0.4) is 0 Å². The molecule has 0 atom stereocenters. The first kappa shape index (κ1) is 17.8. The van der Waals surface area contributed by atoms with Crippen LogP contribution in [0.5, 0.6) is 5.75 Å². The van der Waals surface area contributed by atoms with E-state index in [0.29, 0.717) is 10.9 Å². The fourth-order valence-electron chi connectivity index (χ4n) is 2.59. The summed E-state index contributed by atoms with van der Waals surface area (Å²) >= 11 is 1.39. The van der Waals surface area contributed by atoms with Crippen molar-refractivity contribution in [1.82, 2.24) is 10.4 Å². The molecule has 0 bridgehead atoms. The number of carbonyl (C=O) groups is 1. The number of furan rings is 1. The molecule has 2 aromatic carbocycles. The molecule has 0 saturated heterocycles. The first-order valence-corrected chi connectivity index (χ1v) is 9.24. The van der Waals surface area contributed by atoms with Gasteiger partial charge in [-0.2, -0.15) is 5.10 Å². The van der Waals surface area contributed by atoms with Gasteiger partial charge in [0.2, 0.25) is 0 Å². The zero-order chi connectivity index (χ0) is 19.3. The van der Waals surface area contributed by atoms with E-state index in [4.69, 9.17) is 4.42 Å². The van der Waals surface area contributed by atoms with Gasteiger partial charge < -0.3 is 9.52 Å². The summed E-state index contributed by atoms with van der Waals surface area (Å²) in [6.45, 7) is 0. The minimum atomic E-state index is -0.505. The molecule has 28 heavy (non-hydrogen) atoms. The van der Waals surface area contributed by atoms with Crippen molar-refractivity contribution in [2.24, 2.45) is 5.10 Å². The molecule has 1 amide bonds. The lowest BCUT2D eigenvalue weighted by Gasteiger charge is -2.05. The van der Waals surface area contributed by atoms with E-state index in [1.807, 2.05) is 42.5 Å². The summed E-state index contributed by atoms with van der Waals surface area (Å²) in [7, 11) is 0. The zero-order valence-corrected chi connectivity index (χ0v) is 15.4. The predicted molar refractivity (Wildman–Crippen MR) is 108 cm³/mol. The number of phenolic OH excluding ortho intramolecular Hbond substituents is 1. The Morgan fingerprint density at radius 3 is 2.64 bits per heavy atom. The number of pyridine rings is 1. The SMILES string of the molecule is O=C(N/N=C/c1ccc(Sc2ccccn2)o1)c1cc2ccccc2cc1O. The molecule has 4 aromatic rings. The number of nitrogens with zero attached hydrogens (tertiary/aromatic N) is 2. The van der Waals surface area contributed by atoms with Crippen LogP contribution in [-0.2, 0) is 0 Å². The normalized spacial score (nSPS) is 11.1. The molecule has 0 fully saturated rings. The monoisotopic (exact) mass is 389 g/mol. The van der Waals surface area contributed by atoms with Crippen LogP contribution in [0.25, 0.3) is 10.8 Å². The molecule has 0 unspecified atom stereocenters. The topological polar surface area (TPSA) is 87.7 Å². The Morgan fingerprint density at radius 1 is 1.07 bits per heavy atom. The van der Waals surface area contributed by atoms with Crippen LogP contribution < -0.4 is 5.43 Å². The number of rotatable bonds is 5. The average Bonchev–Trinajstić information content (AvgIpc) is 3.15. The summed E-state index contributed by atoms with van der Waals surface area (Å²) in [4.78, 5) is 16.5. The summed E-state index contributed by atoms with van der Waals surface area (Å²) in [5.74, 6) is -0.117. The van der Waals surface area contributed by atoms with E-state index in [-0.39, 0.29) is 11.3 Å². The Bertz CT molecular complexity index is 1160. The highest BCUT2D eigenvalue weighted by Crippen LogP contribution is 2.27. The molecule has 4 rings (SSSR count). The number of carbonyl (C=O) groups excluding carboxylic acids is 1. The number of fused-ring (bicyclic) bond motifs is 1. The lowest BCUT2D eigenvalue weighted by Crippen LogP contribution is -2.17. The van der Waals surface area contributed by atoms with E-state index in [1.54, 1.807) is 30.5 Å². The lowest BCUT2D eigenvalue weighted by atomic mass is 10.1. The van der Waals surface area contributed by atoms with Crippen molar-refractivity contribution in [1.29, 1.82) is 0 Å². The number of nitrogens with one attached hydrogen (secondary N) is 1. The fraction of sp³-hybridized carbons (Fsp3) is 0. The summed E-state index contributed by atoms with van der Waals surface area (Å²) in [5.41, 5.74) is 2.56. The molecule has 6 nitrogen and oxygen atoms in total. The van der Waals surface area contributed by atoms with Gasteiger partial charge in [-0.3, -0.25) is 4.79 Å². The molecule has 0 aliphatic rings. The van der Waals surface area contributed by atoms with Gasteiger partial charge in [-0.25, -0.2) is 10.4 Å². The van der Waals surface area contributed by atoms with Crippen LogP contribution in [0.1, 0.15) is 16.1 Å². The largest absolute Gasteiger partial charge is 0.507 e. The van der Waals surface area contributed by atoms with Crippen molar-refractivity contribution in [2.45, 2.75) is 10.1 Å². The van der Waals surface area contributed by atoms with Gasteiger partial charge in [-0.1, -0.05) is 30.3 Å². The predicted octanol–water partition coefficient (Wildman–Crippen LogP) is 4.45. The summed E-state index contributed by atoms with van der Waals surface area (Å²) in [6, 6.07) is 19.9. The number of hydrogen-bond donors (Lipinski definition) is 2.